The Hall–Kier alpha value is -1.71. The van der Waals surface area contributed by atoms with E-state index >= 15 is 0 Å². The van der Waals surface area contributed by atoms with Crippen molar-refractivity contribution in [2.75, 3.05) is 6.61 Å². The van der Waals surface area contributed by atoms with Crippen molar-refractivity contribution in [3.8, 4) is 11.5 Å². The SMILES string of the molecule is CCOC(=O)[C@H](C)Oc1ccc(O)cc1. The molecule has 0 bridgehead atoms. The van der Waals surface area contributed by atoms with E-state index in [1.165, 1.54) is 12.1 Å². The molecule has 82 valence electrons. The van der Waals surface area contributed by atoms with Gasteiger partial charge in [0.2, 0.25) is 0 Å². The van der Waals surface area contributed by atoms with Gasteiger partial charge in [0.1, 0.15) is 11.5 Å². The second-order valence-electron chi connectivity index (χ2n) is 3.01. The van der Waals surface area contributed by atoms with Gasteiger partial charge in [-0.05, 0) is 38.1 Å². The lowest BCUT2D eigenvalue weighted by molar-refractivity contribution is -0.150. The van der Waals surface area contributed by atoms with E-state index in [-0.39, 0.29) is 5.75 Å². The predicted molar refractivity (Wildman–Crippen MR) is 54.8 cm³/mol. The zero-order chi connectivity index (χ0) is 11.3. The molecule has 4 nitrogen and oxygen atoms in total. The van der Waals surface area contributed by atoms with Crippen LogP contribution in [0.2, 0.25) is 0 Å². The van der Waals surface area contributed by atoms with Gasteiger partial charge in [0.25, 0.3) is 0 Å². The molecule has 4 heteroatoms. The van der Waals surface area contributed by atoms with Crippen molar-refractivity contribution in [1.82, 2.24) is 0 Å². The standard InChI is InChI=1S/C11H14O4/c1-3-14-11(13)8(2)15-10-6-4-9(12)5-7-10/h4-8,12H,3H2,1-2H3/t8-/m0/s1. The predicted octanol–water partition coefficient (Wildman–Crippen LogP) is 1.72. The Bertz CT molecular complexity index is 318. The highest BCUT2D eigenvalue weighted by Gasteiger charge is 2.15. The van der Waals surface area contributed by atoms with Gasteiger partial charge in [0.05, 0.1) is 6.61 Å². The van der Waals surface area contributed by atoms with Crippen LogP contribution in [0.15, 0.2) is 24.3 Å². The van der Waals surface area contributed by atoms with Crippen LogP contribution in [0.3, 0.4) is 0 Å². The molecule has 0 aliphatic heterocycles. The topological polar surface area (TPSA) is 55.8 Å². The van der Waals surface area contributed by atoms with Crippen molar-refractivity contribution < 1.29 is 19.4 Å². The summed E-state index contributed by atoms with van der Waals surface area (Å²) >= 11 is 0. The Kier molecular flexibility index (Phi) is 3.97. The quantitative estimate of drug-likeness (QED) is 0.769. The maximum Gasteiger partial charge on any atom is 0.347 e. The maximum atomic E-state index is 11.2. The third-order valence-corrected chi connectivity index (χ3v) is 1.77. The summed E-state index contributed by atoms with van der Waals surface area (Å²) in [5.41, 5.74) is 0. The third kappa shape index (κ3) is 3.50. The summed E-state index contributed by atoms with van der Waals surface area (Å²) in [5, 5.41) is 9.04. The molecule has 0 saturated heterocycles. The Morgan fingerprint density at radius 2 is 2.00 bits per heavy atom. The molecular formula is C11H14O4. The fraction of sp³-hybridized carbons (Fsp3) is 0.364. The summed E-state index contributed by atoms with van der Waals surface area (Å²) < 4.78 is 10.1. The molecule has 0 unspecified atom stereocenters. The van der Waals surface area contributed by atoms with Gasteiger partial charge in [-0.1, -0.05) is 0 Å². The maximum absolute atomic E-state index is 11.2. The van der Waals surface area contributed by atoms with Crippen molar-refractivity contribution in [3.05, 3.63) is 24.3 Å². The summed E-state index contributed by atoms with van der Waals surface area (Å²) in [7, 11) is 0. The van der Waals surface area contributed by atoms with Crippen LogP contribution in [-0.4, -0.2) is 23.8 Å². The summed E-state index contributed by atoms with van der Waals surface area (Å²) in [4.78, 5) is 11.2. The van der Waals surface area contributed by atoms with Gasteiger partial charge in [0, 0.05) is 0 Å². The van der Waals surface area contributed by atoms with Crippen LogP contribution in [0, 0.1) is 0 Å². The number of hydrogen-bond donors (Lipinski definition) is 1. The number of phenolic OH excluding ortho intramolecular Hbond substituents is 1. The number of hydrogen-bond acceptors (Lipinski definition) is 4. The van der Waals surface area contributed by atoms with Gasteiger partial charge >= 0.3 is 5.97 Å². The highest BCUT2D eigenvalue weighted by molar-refractivity contribution is 5.74. The van der Waals surface area contributed by atoms with E-state index in [4.69, 9.17) is 14.6 Å². The van der Waals surface area contributed by atoms with Gasteiger partial charge in [-0.2, -0.15) is 0 Å². The van der Waals surface area contributed by atoms with Gasteiger partial charge in [-0.3, -0.25) is 0 Å². The molecule has 1 rings (SSSR count). The van der Waals surface area contributed by atoms with Gasteiger partial charge in [-0.15, -0.1) is 0 Å². The van der Waals surface area contributed by atoms with Gasteiger partial charge in [-0.25, -0.2) is 4.79 Å². The summed E-state index contributed by atoms with van der Waals surface area (Å²) in [6.45, 7) is 3.69. The number of benzene rings is 1. The number of rotatable bonds is 4. The lowest BCUT2D eigenvalue weighted by Gasteiger charge is -2.12. The molecule has 0 amide bonds. The van der Waals surface area contributed by atoms with E-state index in [1.807, 2.05) is 0 Å². The van der Waals surface area contributed by atoms with E-state index in [1.54, 1.807) is 26.0 Å². The number of esters is 1. The first-order chi connectivity index (χ1) is 7.13. The largest absolute Gasteiger partial charge is 0.508 e. The first-order valence-corrected chi connectivity index (χ1v) is 4.75. The number of phenols is 1. The second kappa shape index (κ2) is 5.24. The molecule has 1 N–H and O–H groups in total. The van der Waals surface area contributed by atoms with E-state index < -0.39 is 12.1 Å². The summed E-state index contributed by atoms with van der Waals surface area (Å²) in [6, 6.07) is 6.16. The van der Waals surface area contributed by atoms with Crippen molar-refractivity contribution in [2.45, 2.75) is 20.0 Å². The Balaban J connectivity index is 2.54. The van der Waals surface area contributed by atoms with Crippen LogP contribution in [-0.2, 0) is 9.53 Å². The lowest BCUT2D eigenvalue weighted by atomic mass is 10.3. The molecule has 0 saturated carbocycles. The normalized spacial score (nSPS) is 11.9. The fourth-order valence-electron chi connectivity index (χ4n) is 1.04. The number of ether oxygens (including phenoxy) is 2. The summed E-state index contributed by atoms with van der Waals surface area (Å²) in [6.07, 6.45) is -0.644. The molecule has 0 aromatic heterocycles. The number of carbonyl (C=O) groups excluding carboxylic acids is 1. The van der Waals surface area contributed by atoms with E-state index in [2.05, 4.69) is 0 Å². The van der Waals surface area contributed by atoms with Gasteiger partial charge < -0.3 is 14.6 Å². The van der Waals surface area contributed by atoms with Crippen LogP contribution in [0.25, 0.3) is 0 Å². The average Bonchev–Trinajstić information content (AvgIpc) is 2.22. The molecule has 1 aromatic rings. The minimum absolute atomic E-state index is 0.158. The van der Waals surface area contributed by atoms with Crippen molar-refractivity contribution >= 4 is 5.97 Å². The molecule has 1 aromatic carbocycles. The fourth-order valence-corrected chi connectivity index (χ4v) is 1.04. The van der Waals surface area contributed by atoms with Crippen LogP contribution in [0.4, 0.5) is 0 Å². The highest BCUT2D eigenvalue weighted by Crippen LogP contribution is 2.17. The van der Waals surface area contributed by atoms with E-state index in [0.717, 1.165) is 0 Å². The number of aromatic hydroxyl groups is 1. The van der Waals surface area contributed by atoms with Crippen LogP contribution >= 0.6 is 0 Å². The van der Waals surface area contributed by atoms with Crippen molar-refractivity contribution in [1.29, 1.82) is 0 Å². The molecule has 0 heterocycles. The van der Waals surface area contributed by atoms with Crippen LogP contribution < -0.4 is 4.74 Å². The Morgan fingerprint density at radius 1 is 1.40 bits per heavy atom. The minimum Gasteiger partial charge on any atom is -0.508 e. The van der Waals surface area contributed by atoms with Crippen LogP contribution in [0.1, 0.15) is 13.8 Å². The second-order valence-corrected chi connectivity index (χ2v) is 3.01. The molecule has 0 spiro atoms. The zero-order valence-electron chi connectivity index (χ0n) is 8.77. The number of carbonyl (C=O) groups is 1. The first kappa shape index (κ1) is 11.4. The first-order valence-electron chi connectivity index (χ1n) is 4.75. The highest BCUT2D eigenvalue weighted by atomic mass is 16.6. The molecule has 0 fully saturated rings. The van der Waals surface area contributed by atoms with E-state index in [0.29, 0.717) is 12.4 Å². The zero-order valence-corrected chi connectivity index (χ0v) is 8.77. The van der Waals surface area contributed by atoms with Gasteiger partial charge in [0.15, 0.2) is 6.10 Å². The van der Waals surface area contributed by atoms with E-state index in [9.17, 15) is 4.79 Å². The molecule has 15 heavy (non-hydrogen) atoms. The lowest BCUT2D eigenvalue weighted by Crippen LogP contribution is -2.25. The van der Waals surface area contributed by atoms with Crippen molar-refractivity contribution in [3.63, 3.8) is 0 Å². The molecule has 0 aliphatic carbocycles. The smallest absolute Gasteiger partial charge is 0.347 e. The Morgan fingerprint density at radius 3 is 2.53 bits per heavy atom. The average molecular weight is 210 g/mol. The summed E-state index contributed by atoms with van der Waals surface area (Å²) in [5.74, 6) is 0.282. The molecule has 1 atom stereocenters. The molecule has 0 radical (unpaired) electrons. The molecule has 0 aliphatic rings. The van der Waals surface area contributed by atoms with Crippen LogP contribution in [0.5, 0.6) is 11.5 Å². The third-order valence-electron chi connectivity index (χ3n) is 1.77. The monoisotopic (exact) mass is 210 g/mol. The minimum atomic E-state index is -0.644. The Labute approximate surface area is 88.4 Å². The molecular weight excluding hydrogens is 196 g/mol. The van der Waals surface area contributed by atoms with Crippen molar-refractivity contribution in [2.24, 2.45) is 0 Å².